The molecule has 1 amide bonds. The number of aliphatic imine (C=N–C) groups is 1. The highest BCUT2D eigenvalue weighted by Gasteiger charge is 2.25. The first-order chi connectivity index (χ1) is 11.6. The van der Waals surface area contributed by atoms with Crippen LogP contribution in [0.1, 0.15) is 73.9 Å². The van der Waals surface area contributed by atoms with Crippen molar-refractivity contribution in [2.24, 2.45) is 16.5 Å². The van der Waals surface area contributed by atoms with E-state index in [1.54, 1.807) is 12.1 Å². The summed E-state index contributed by atoms with van der Waals surface area (Å²) in [5.41, 5.74) is 12.1. The molecular weight excluding hydrogens is 338 g/mol. The van der Waals surface area contributed by atoms with Crippen LogP contribution in [0.25, 0.3) is 0 Å². The predicted molar refractivity (Wildman–Crippen MR) is 102 cm³/mol. The van der Waals surface area contributed by atoms with Gasteiger partial charge in [0.25, 0.3) is 5.91 Å². The molecule has 0 heterocycles. The van der Waals surface area contributed by atoms with Gasteiger partial charge in [0.2, 0.25) is 0 Å². The standard InChI is InChI=1S/C18H29N3O3S/c1-5-7-9-12(3)13-10-11-15(17(22)21-18(19)20)14(8-6-2)16(13)25(4,23)24/h10-12H,5-9H2,1-4H3,(H4,19,20,21,22). The molecule has 0 fully saturated rings. The van der Waals surface area contributed by atoms with Gasteiger partial charge < -0.3 is 11.5 Å². The van der Waals surface area contributed by atoms with Gasteiger partial charge in [-0.3, -0.25) is 4.79 Å². The van der Waals surface area contributed by atoms with Crippen molar-refractivity contribution < 1.29 is 13.2 Å². The lowest BCUT2D eigenvalue weighted by molar-refractivity contribution is 0.100. The number of guanidine groups is 1. The molecule has 0 bridgehead atoms. The van der Waals surface area contributed by atoms with E-state index < -0.39 is 15.7 Å². The van der Waals surface area contributed by atoms with E-state index in [2.05, 4.69) is 11.9 Å². The second-order valence-electron chi connectivity index (χ2n) is 6.42. The van der Waals surface area contributed by atoms with E-state index in [-0.39, 0.29) is 22.3 Å². The first-order valence-electron chi connectivity index (χ1n) is 8.63. The maximum Gasteiger partial charge on any atom is 0.280 e. The summed E-state index contributed by atoms with van der Waals surface area (Å²) in [6.45, 7) is 6.06. The van der Waals surface area contributed by atoms with Crippen molar-refractivity contribution in [1.29, 1.82) is 0 Å². The Bertz CT molecular complexity index is 751. The molecule has 6 nitrogen and oxygen atoms in total. The van der Waals surface area contributed by atoms with Gasteiger partial charge in [0.05, 0.1) is 4.90 Å². The predicted octanol–water partition coefficient (Wildman–Crippen LogP) is 2.75. The second-order valence-corrected chi connectivity index (χ2v) is 8.37. The third-order valence-corrected chi connectivity index (χ3v) is 5.37. The van der Waals surface area contributed by atoms with Crippen LogP contribution < -0.4 is 11.5 Å². The van der Waals surface area contributed by atoms with Crippen molar-refractivity contribution in [2.75, 3.05) is 6.26 Å². The van der Waals surface area contributed by atoms with Crippen LogP contribution in [0.2, 0.25) is 0 Å². The Morgan fingerprint density at radius 3 is 2.32 bits per heavy atom. The van der Waals surface area contributed by atoms with Gasteiger partial charge >= 0.3 is 0 Å². The molecule has 4 N–H and O–H groups in total. The minimum atomic E-state index is -3.50. The number of hydrogen-bond donors (Lipinski definition) is 2. The van der Waals surface area contributed by atoms with E-state index in [4.69, 9.17) is 11.5 Å². The van der Waals surface area contributed by atoms with E-state index in [0.717, 1.165) is 24.8 Å². The fourth-order valence-corrected chi connectivity index (χ4v) is 4.37. The molecule has 1 atom stereocenters. The topological polar surface area (TPSA) is 116 Å². The number of carbonyl (C=O) groups is 1. The van der Waals surface area contributed by atoms with Crippen LogP contribution >= 0.6 is 0 Å². The average Bonchev–Trinajstić information content (AvgIpc) is 2.50. The van der Waals surface area contributed by atoms with Gasteiger partial charge in [0, 0.05) is 11.8 Å². The number of rotatable bonds is 8. The molecule has 1 unspecified atom stereocenters. The van der Waals surface area contributed by atoms with Crippen molar-refractivity contribution in [1.82, 2.24) is 0 Å². The van der Waals surface area contributed by atoms with Crippen molar-refractivity contribution in [3.8, 4) is 0 Å². The van der Waals surface area contributed by atoms with Crippen LogP contribution in [0.4, 0.5) is 0 Å². The molecule has 0 aromatic heterocycles. The number of sulfone groups is 1. The van der Waals surface area contributed by atoms with E-state index >= 15 is 0 Å². The van der Waals surface area contributed by atoms with Gasteiger partial charge in [0.1, 0.15) is 0 Å². The quantitative estimate of drug-likeness (QED) is 0.541. The number of nitrogens with two attached hydrogens (primary N) is 2. The van der Waals surface area contributed by atoms with Gasteiger partial charge in [0.15, 0.2) is 15.8 Å². The van der Waals surface area contributed by atoms with Crippen LogP contribution in [0, 0.1) is 0 Å². The lowest BCUT2D eigenvalue weighted by atomic mass is 9.90. The summed E-state index contributed by atoms with van der Waals surface area (Å²) in [4.78, 5) is 16.2. The lowest BCUT2D eigenvalue weighted by Gasteiger charge is -2.20. The minimum Gasteiger partial charge on any atom is -0.370 e. The summed E-state index contributed by atoms with van der Waals surface area (Å²) in [5.74, 6) is -0.859. The minimum absolute atomic E-state index is 0.0903. The third-order valence-electron chi connectivity index (χ3n) is 4.14. The molecule has 0 aliphatic carbocycles. The Balaban J connectivity index is 3.66. The van der Waals surface area contributed by atoms with Crippen molar-refractivity contribution in [2.45, 2.75) is 63.7 Å². The first kappa shape index (κ1) is 21.2. The number of benzene rings is 1. The number of nitrogens with zero attached hydrogens (tertiary/aromatic N) is 1. The fourth-order valence-electron chi connectivity index (χ4n) is 3.01. The molecular formula is C18H29N3O3S. The number of hydrogen-bond acceptors (Lipinski definition) is 3. The van der Waals surface area contributed by atoms with E-state index in [1.807, 2.05) is 13.8 Å². The number of amides is 1. The van der Waals surface area contributed by atoms with E-state index in [1.165, 1.54) is 6.26 Å². The molecule has 0 spiro atoms. The summed E-state index contributed by atoms with van der Waals surface area (Å²) >= 11 is 0. The zero-order chi connectivity index (χ0) is 19.2. The van der Waals surface area contributed by atoms with Gasteiger partial charge in [-0.25, -0.2) is 8.42 Å². The van der Waals surface area contributed by atoms with Crippen LogP contribution in [0.5, 0.6) is 0 Å². The highest BCUT2D eigenvalue weighted by atomic mass is 32.2. The molecule has 1 rings (SSSR count). The summed E-state index contributed by atoms with van der Waals surface area (Å²) in [5, 5.41) is 0. The highest BCUT2D eigenvalue weighted by molar-refractivity contribution is 7.90. The molecule has 0 saturated carbocycles. The summed E-state index contributed by atoms with van der Waals surface area (Å²) < 4.78 is 25.1. The van der Waals surface area contributed by atoms with Crippen LogP contribution in [-0.2, 0) is 16.3 Å². The molecule has 1 aromatic rings. The Hall–Kier alpha value is -1.89. The summed E-state index contributed by atoms with van der Waals surface area (Å²) in [6.07, 6.45) is 5.32. The molecule has 25 heavy (non-hydrogen) atoms. The smallest absolute Gasteiger partial charge is 0.280 e. The first-order valence-corrected chi connectivity index (χ1v) is 10.5. The van der Waals surface area contributed by atoms with Gasteiger partial charge in [-0.15, -0.1) is 0 Å². The largest absolute Gasteiger partial charge is 0.370 e. The van der Waals surface area contributed by atoms with Gasteiger partial charge in [-0.2, -0.15) is 4.99 Å². The lowest BCUT2D eigenvalue weighted by Crippen LogP contribution is -2.24. The Morgan fingerprint density at radius 2 is 1.84 bits per heavy atom. The van der Waals surface area contributed by atoms with Crippen molar-refractivity contribution in [3.63, 3.8) is 0 Å². The maximum atomic E-state index is 12.5. The number of carbonyl (C=O) groups excluding carboxylic acids is 1. The monoisotopic (exact) mass is 367 g/mol. The normalized spacial score (nSPS) is 12.6. The number of unbranched alkanes of at least 4 members (excludes halogenated alkanes) is 1. The maximum absolute atomic E-state index is 12.5. The summed E-state index contributed by atoms with van der Waals surface area (Å²) in [7, 11) is -3.50. The molecule has 1 aromatic carbocycles. The van der Waals surface area contributed by atoms with Crippen LogP contribution in [0.15, 0.2) is 22.0 Å². The third kappa shape index (κ3) is 5.56. The van der Waals surface area contributed by atoms with Gasteiger partial charge in [-0.1, -0.05) is 46.1 Å². The van der Waals surface area contributed by atoms with E-state index in [9.17, 15) is 13.2 Å². The van der Waals surface area contributed by atoms with Crippen molar-refractivity contribution in [3.05, 3.63) is 28.8 Å². The van der Waals surface area contributed by atoms with Crippen molar-refractivity contribution >= 4 is 21.7 Å². The van der Waals surface area contributed by atoms with Gasteiger partial charge in [-0.05, 0) is 36.0 Å². The molecule has 0 saturated heterocycles. The zero-order valence-corrected chi connectivity index (χ0v) is 16.3. The average molecular weight is 368 g/mol. The highest BCUT2D eigenvalue weighted by Crippen LogP contribution is 2.33. The molecule has 7 heteroatoms. The Labute approximate surface area is 150 Å². The summed E-state index contributed by atoms with van der Waals surface area (Å²) in [6, 6.07) is 3.37. The Morgan fingerprint density at radius 1 is 1.20 bits per heavy atom. The van der Waals surface area contributed by atoms with Crippen LogP contribution in [0.3, 0.4) is 0 Å². The SMILES string of the molecule is CCCCC(C)c1ccc(C(=O)N=C(N)N)c(CCC)c1S(C)(=O)=O. The second kappa shape index (κ2) is 8.99. The fraction of sp³-hybridized carbons (Fsp3) is 0.556. The molecule has 0 aliphatic rings. The molecule has 0 aliphatic heterocycles. The Kier molecular flexibility index (Phi) is 7.60. The molecule has 140 valence electrons. The van der Waals surface area contributed by atoms with E-state index in [0.29, 0.717) is 18.4 Å². The van der Waals surface area contributed by atoms with Crippen LogP contribution in [-0.4, -0.2) is 26.5 Å². The zero-order valence-electron chi connectivity index (χ0n) is 15.5. The molecule has 0 radical (unpaired) electrons.